The van der Waals surface area contributed by atoms with Gasteiger partial charge in [-0.05, 0) is 24.6 Å². The predicted octanol–water partition coefficient (Wildman–Crippen LogP) is 2.71. The van der Waals surface area contributed by atoms with Gasteiger partial charge in [-0.15, -0.1) is 0 Å². The SMILES string of the molecule is Cc1c(C(=O)N(C)Cc2nc(-c3ccccc3)no2)cccc1N(C)S(C)(=O)=O. The number of sulfonamides is 1. The largest absolute Gasteiger partial charge is 0.337 e. The summed E-state index contributed by atoms with van der Waals surface area (Å²) in [4.78, 5) is 18.7. The summed E-state index contributed by atoms with van der Waals surface area (Å²) in [5.41, 5.74) is 2.26. The Morgan fingerprint density at radius 3 is 2.41 bits per heavy atom. The van der Waals surface area contributed by atoms with Gasteiger partial charge in [-0.2, -0.15) is 4.98 Å². The molecule has 3 rings (SSSR count). The molecule has 0 unspecified atom stereocenters. The summed E-state index contributed by atoms with van der Waals surface area (Å²) < 4.78 is 30.2. The molecule has 0 saturated heterocycles. The minimum Gasteiger partial charge on any atom is -0.337 e. The highest BCUT2D eigenvalue weighted by Gasteiger charge is 2.22. The first-order valence-corrected chi connectivity index (χ1v) is 10.7. The van der Waals surface area contributed by atoms with E-state index in [-0.39, 0.29) is 12.5 Å². The molecule has 8 nitrogen and oxygen atoms in total. The number of carbonyl (C=O) groups excluding carboxylic acids is 1. The molecule has 0 atom stereocenters. The van der Waals surface area contributed by atoms with Gasteiger partial charge in [0, 0.05) is 25.2 Å². The normalized spacial score (nSPS) is 11.3. The van der Waals surface area contributed by atoms with Crippen LogP contribution in [0, 0.1) is 6.92 Å². The maximum atomic E-state index is 12.9. The van der Waals surface area contributed by atoms with E-state index in [1.807, 2.05) is 30.3 Å². The molecule has 2 aromatic carbocycles. The van der Waals surface area contributed by atoms with Crippen molar-refractivity contribution in [1.29, 1.82) is 0 Å². The Morgan fingerprint density at radius 1 is 1.07 bits per heavy atom. The monoisotopic (exact) mass is 414 g/mol. The summed E-state index contributed by atoms with van der Waals surface area (Å²) in [5.74, 6) is 0.488. The molecule has 0 radical (unpaired) electrons. The third-order valence-corrected chi connectivity index (χ3v) is 5.78. The fourth-order valence-corrected chi connectivity index (χ4v) is 3.43. The molecule has 1 heterocycles. The summed E-state index contributed by atoms with van der Waals surface area (Å²) in [6, 6.07) is 14.4. The Hall–Kier alpha value is -3.20. The van der Waals surface area contributed by atoms with Crippen molar-refractivity contribution in [3.05, 3.63) is 65.5 Å². The molecule has 0 fully saturated rings. The lowest BCUT2D eigenvalue weighted by atomic mass is 10.1. The van der Waals surface area contributed by atoms with Crippen LogP contribution < -0.4 is 4.31 Å². The summed E-state index contributed by atoms with van der Waals surface area (Å²) in [6.45, 7) is 1.85. The highest BCUT2D eigenvalue weighted by atomic mass is 32.2. The van der Waals surface area contributed by atoms with Crippen LogP contribution >= 0.6 is 0 Å². The van der Waals surface area contributed by atoms with E-state index >= 15 is 0 Å². The topological polar surface area (TPSA) is 96.6 Å². The Kier molecular flexibility index (Phi) is 5.69. The lowest BCUT2D eigenvalue weighted by Gasteiger charge is -2.22. The highest BCUT2D eigenvalue weighted by Crippen LogP contribution is 2.25. The third-order valence-electron chi connectivity index (χ3n) is 4.59. The van der Waals surface area contributed by atoms with E-state index in [0.717, 1.165) is 16.1 Å². The molecule has 0 N–H and O–H groups in total. The van der Waals surface area contributed by atoms with Gasteiger partial charge in [-0.3, -0.25) is 9.10 Å². The molecule has 0 aliphatic carbocycles. The maximum absolute atomic E-state index is 12.9. The molecule has 29 heavy (non-hydrogen) atoms. The van der Waals surface area contributed by atoms with Gasteiger partial charge in [-0.1, -0.05) is 41.6 Å². The highest BCUT2D eigenvalue weighted by molar-refractivity contribution is 7.92. The van der Waals surface area contributed by atoms with Crippen LogP contribution in [0.5, 0.6) is 0 Å². The molecule has 1 aromatic heterocycles. The first-order chi connectivity index (χ1) is 13.7. The summed E-state index contributed by atoms with van der Waals surface area (Å²) in [7, 11) is -0.354. The molecule has 152 valence electrons. The van der Waals surface area contributed by atoms with Crippen LogP contribution in [-0.2, 0) is 16.6 Å². The van der Waals surface area contributed by atoms with Crippen LogP contribution in [0.4, 0.5) is 5.69 Å². The van der Waals surface area contributed by atoms with Crippen LogP contribution in [-0.4, -0.2) is 49.7 Å². The second-order valence-corrected chi connectivity index (χ2v) is 8.73. The number of nitrogens with zero attached hydrogens (tertiary/aromatic N) is 4. The van der Waals surface area contributed by atoms with E-state index < -0.39 is 10.0 Å². The number of hydrogen-bond donors (Lipinski definition) is 0. The van der Waals surface area contributed by atoms with Crippen molar-refractivity contribution in [3.8, 4) is 11.4 Å². The number of anilines is 1. The van der Waals surface area contributed by atoms with Crippen molar-refractivity contribution >= 4 is 21.6 Å². The maximum Gasteiger partial charge on any atom is 0.254 e. The van der Waals surface area contributed by atoms with Gasteiger partial charge in [0.05, 0.1) is 18.5 Å². The lowest BCUT2D eigenvalue weighted by Crippen LogP contribution is -2.29. The van der Waals surface area contributed by atoms with Crippen LogP contribution in [0.1, 0.15) is 21.8 Å². The summed E-state index contributed by atoms with van der Waals surface area (Å²) in [6.07, 6.45) is 1.12. The number of benzene rings is 2. The molecule has 0 bridgehead atoms. The smallest absolute Gasteiger partial charge is 0.254 e. The minimum absolute atomic E-state index is 0.129. The van der Waals surface area contributed by atoms with Gasteiger partial charge >= 0.3 is 0 Å². The van der Waals surface area contributed by atoms with Crippen molar-refractivity contribution in [2.45, 2.75) is 13.5 Å². The van der Waals surface area contributed by atoms with Crippen molar-refractivity contribution in [2.75, 3.05) is 24.7 Å². The van der Waals surface area contributed by atoms with Gasteiger partial charge in [0.15, 0.2) is 0 Å². The Morgan fingerprint density at radius 2 is 1.76 bits per heavy atom. The van der Waals surface area contributed by atoms with Gasteiger partial charge in [0.1, 0.15) is 0 Å². The molecular formula is C20H22N4O4S. The number of hydrogen-bond acceptors (Lipinski definition) is 6. The lowest BCUT2D eigenvalue weighted by molar-refractivity contribution is 0.0769. The molecule has 3 aromatic rings. The molecule has 1 amide bonds. The third kappa shape index (κ3) is 4.45. The minimum atomic E-state index is -3.44. The van der Waals surface area contributed by atoms with Crippen molar-refractivity contribution in [1.82, 2.24) is 15.0 Å². The molecule has 0 aliphatic rings. The van der Waals surface area contributed by atoms with Crippen molar-refractivity contribution in [3.63, 3.8) is 0 Å². The quantitative estimate of drug-likeness (QED) is 0.615. The van der Waals surface area contributed by atoms with Crippen LogP contribution in [0.15, 0.2) is 53.1 Å². The van der Waals surface area contributed by atoms with Crippen molar-refractivity contribution in [2.24, 2.45) is 0 Å². The number of aromatic nitrogens is 2. The second-order valence-electron chi connectivity index (χ2n) is 6.72. The zero-order chi connectivity index (χ0) is 21.2. The van der Waals surface area contributed by atoms with Gasteiger partial charge in [0.25, 0.3) is 5.91 Å². The van der Waals surface area contributed by atoms with Crippen LogP contribution in [0.25, 0.3) is 11.4 Å². The molecule has 0 saturated carbocycles. The second kappa shape index (κ2) is 8.04. The summed E-state index contributed by atoms with van der Waals surface area (Å²) >= 11 is 0. The van der Waals surface area contributed by atoms with E-state index in [9.17, 15) is 13.2 Å². The fourth-order valence-electron chi connectivity index (χ4n) is 2.88. The van der Waals surface area contributed by atoms with Gasteiger partial charge < -0.3 is 9.42 Å². The molecule has 9 heteroatoms. The Balaban J connectivity index is 1.80. The number of amides is 1. The van der Waals surface area contributed by atoms with E-state index in [2.05, 4.69) is 10.1 Å². The number of rotatable bonds is 6. The standard InChI is InChI=1S/C20H22N4O4S/c1-14-16(11-8-12-17(14)24(3)29(4,26)27)20(25)23(2)13-18-21-19(22-28-18)15-9-6-5-7-10-15/h5-12H,13H2,1-4H3. The van der Waals surface area contributed by atoms with Crippen molar-refractivity contribution < 1.29 is 17.7 Å². The Bertz CT molecular complexity index is 1130. The van der Waals surface area contributed by atoms with Gasteiger partial charge in [-0.25, -0.2) is 8.42 Å². The Labute approximate surface area is 169 Å². The van der Waals surface area contributed by atoms with Crippen LogP contribution in [0.3, 0.4) is 0 Å². The zero-order valence-corrected chi connectivity index (χ0v) is 17.5. The zero-order valence-electron chi connectivity index (χ0n) is 16.7. The van der Waals surface area contributed by atoms with E-state index in [0.29, 0.717) is 28.5 Å². The average molecular weight is 414 g/mol. The number of carbonyl (C=O) groups is 1. The van der Waals surface area contributed by atoms with E-state index in [1.165, 1.54) is 11.9 Å². The summed E-state index contributed by atoms with van der Waals surface area (Å²) in [5, 5.41) is 3.96. The first kappa shape index (κ1) is 20.5. The predicted molar refractivity (Wildman–Crippen MR) is 110 cm³/mol. The molecule has 0 aliphatic heterocycles. The van der Waals surface area contributed by atoms with Gasteiger partial charge in [0.2, 0.25) is 21.7 Å². The molecular weight excluding hydrogens is 392 g/mol. The van der Waals surface area contributed by atoms with Crippen LogP contribution in [0.2, 0.25) is 0 Å². The molecule has 0 spiro atoms. The van der Waals surface area contributed by atoms with E-state index in [4.69, 9.17) is 4.52 Å². The first-order valence-electron chi connectivity index (χ1n) is 8.85. The fraction of sp³-hybridized carbons (Fsp3) is 0.250. The average Bonchev–Trinajstić information content (AvgIpc) is 3.15. The van der Waals surface area contributed by atoms with E-state index in [1.54, 1.807) is 32.2 Å².